The van der Waals surface area contributed by atoms with Crippen molar-refractivity contribution in [2.75, 3.05) is 26.2 Å². The number of ether oxygens (including phenoxy) is 1. The SMILES string of the molecule is Cc1ccc(-c2cc(C(=O)N3CCC4(CC3)[C@H](O)C[C@@H]4OCCN)n[nH]2)o1.Cl. The molecular weight excluding hydrogens is 384 g/mol. The molecule has 1 aliphatic heterocycles. The van der Waals surface area contributed by atoms with Crippen molar-refractivity contribution in [3.05, 3.63) is 29.7 Å². The Morgan fingerprint density at radius 2 is 2.21 bits per heavy atom. The maximum Gasteiger partial charge on any atom is 0.274 e. The van der Waals surface area contributed by atoms with Crippen LogP contribution in [-0.2, 0) is 4.74 Å². The third-order valence-corrected chi connectivity index (χ3v) is 5.96. The van der Waals surface area contributed by atoms with Crippen LogP contribution in [0.3, 0.4) is 0 Å². The fourth-order valence-corrected chi connectivity index (χ4v) is 4.25. The summed E-state index contributed by atoms with van der Waals surface area (Å²) in [6.45, 7) is 4.02. The second-order valence-corrected chi connectivity index (χ2v) is 7.50. The topological polar surface area (TPSA) is 118 Å². The minimum absolute atomic E-state index is 0. The Labute approximate surface area is 169 Å². The Morgan fingerprint density at radius 1 is 1.46 bits per heavy atom. The van der Waals surface area contributed by atoms with Crippen LogP contribution in [0.5, 0.6) is 0 Å². The van der Waals surface area contributed by atoms with Crippen LogP contribution < -0.4 is 5.73 Å². The molecule has 8 nitrogen and oxygen atoms in total. The Balaban J connectivity index is 0.00000225. The van der Waals surface area contributed by atoms with Gasteiger partial charge in [0.15, 0.2) is 11.5 Å². The van der Waals surface area contributed by atoms with Gasteiger partial charge in [-0.1, -0.05) is 0 Å². The summed E-state index contributed by atoms with van der Waals surface area (Å²) >= 11 is 0. The number of aliphatic hydroxyl groups is 1. The van der Waals surface area contributed by atoms with Gasteiger partial charge in [0.05, 0.1) is 18.8 Å². The number of carbonyl (C=O) groups is 1. The number of nitrogens with zero attached hydrogens (tertiary/aromatic N) is 2. The second kappa shape index (κ2) is 8.24. The van der Waals surface area contributed by atoms with Gasteiger partial charge in [0.1, 0.15) is 11.5 Å². The number of aliphatic hydroxyl groups excluding tert-OH is 1. The van der Waals surface area contributed by atoms with E-state index in [1.807, 2.05) is 19.1 Å². The minimum atomic E-state index is -0.364. The fourth-order valence-electron chi connectivity index (χ4n) is 4.25. The molecule has 0 unspecified atom stereocenters. The zero-order valence-corrected chi connectivity index (χ0v) is 16.7. The fraction of sp³-hybridized carbons (Fsp3) is 0.579. The molecule has 4 N–H and O–H groups in total. The number of hydrogen-bond donors (Lipinski definition) is 3. The molecular formula is C19H27ClN4O4. The number of nitrogens with two attached hydrogens (primary N) is 1. The lowest BCUT2D eigenvalue weighted by Crippen LogP contribution is -2.63. The monoisotopic (exact) mass is 410 g/mol. The number of furan rings is 1. The van der Waals surface area contributed by atoms with Crippen molar-refractivity contribution in [2.45, 2.75) is 38.4 Å². The predicted molar refractivity (Wildman–Crippen MR) is 105 cm³/mol. The minimum Gasteiger partial charge on any atom is -0.460 e. The Hall–Kier alpha value is -1.87. The van der Waals surface area contributed by atoms with E-state index in [2.05, 4.69) is 10.2 Å². The van der Waals surface area contributed by atoms with Crippen LogP contribution in [0.1, 0.15) is 35.5 Å². The molecule has 1 saturated heterocycles. The number of piperidine rings is 1. The predicted octanol–water partition coefficient (Wildman–Crippen LogP) is 1.73. The van der Waals surface area contributed by atoms with Gasteiger partial charge in [0.2, 0.25) is 0 Å². The third-order valence-electron chi connectivity index (χ3n) is 5.96. The van der Waals surface area contributed by atoms with Gasteiger partial charge in [-0.2, -0.15) is 5.10 Å². The molecule has 154 valence electrons. The highest BCUT2D eigenvalue weighted by Gasteiger charge is 2.56. The van der Waals surface area contributed by atoms with E-state index >= 15 is 0 Å². The average molecular weight is 411 g/mol. The number of hydrogen-bond acceptors (Lipinski definition) is 6. The normalized spacial score (nSPS) is 23.3. The zero-order chi connectivity index (χ0) is 19.0. The van der Waals surface area contributed by atoms with E-state index in [4.69, 9.17) is 14.9 Å². The number of carbonyl (C=O) groups excluding carboxylic acids is 1. The average Bonchev–Trinajstić information content (AvgIpc) is 3.33. The number of rotatable bonds is 5. The molecule has 0 bridgehead atoms. The summed E-state index contributed by atoms with van der Waals surface area (Å²) in [6, 6.07) is 5.44. The molecule has 2 aromatic rings. The molecule has 0 aromatic carbocycles. The van der Waals surface area contributed by atoms with Crippen LogP contribution in [0.25, 0.3) is 11.5 Å². The van der Waals surface area contributed by atoms with Crippen molar-refractivity contribution < 1.29 is 19.1 Å². The van der Waals surface area contributed by atoms with Gasteiger partial charge >= 0.3 is 0 Å². The number of amides is 1. The van der Waals surface area contributed by atoms with E-state index in [-0.39, 0.29) is 35.9 Å². The Bertz CT molecular complexity index is 812. The van der Waals surface area contributed by atoms with Crippen LogP contribution in [0, 0.1) is 12.3 Å². The summed E-state index contributed by atoms with van der Waals surface area (Å²) in [5, 5.41) is 17.3. The first-order chi connectivity index (χ1) is 13.0. The summed E-state index contributed by atoms with van der Waals surface area (Å²) in [6.07, 6.45) is 1.77. The molecule has 28 heavy (non-hydrogen) atoms. The molecule has 2 atom stereocenters. The summed E-state index contributed by atoms with van der Waals surface area (Å²) in [7, 11) is 0. The molecule has 1 spiro atoms. The van der Waals surface area contributed by atoms with Crippen molar-refractivity contribution in [1.82, 2.24) is 15.1 Å². The standard InChI is InChI=1S/C19H26N4O4.ClH/c1-12-2-3-15(27-12)13-10-14(22-21-13)18(25)23-7-4-19(5-8-23)16(24)11-17(19)26-9-6-20;/h2-3,10,16-17,24H,4-9,11,20H2,1H3,(H,21,22);1H/t16-,17+;/m1./s1. The van der Waals surface area contributed by atoms with Crippen molar-refractivity contribution in [1.29, 1.82) is 0 Å². The number of halogens is 1. The van der Waals surface area contributed by atoms with Crippen molar-refractivity contribution in [2.24, 2.45) is 11.1 Å². The molecule has 2 aromatic heterocycles. The zero-order valence-electron chi connectivity index (χ0n) is 15.9. The maximum atomic E-state index is 12.8. The first-order valence-electron chi connectivity index (χ1n) is 9.45. The Morgan fingerprint density at radius 3 is 2.82 bits per heavy atom. The largest absolute Gasteiger partial charge is 0.460 e. The van der Waals surface area contributed by atoms with Crippen LogP contribution in [0.2, 0.25) is 0 Å². The van der Waals surface area contributed by atoms with E-state index in [1.165, 1.54) is 0 Å². The number of H-pyrrole nitrogens is 1. The van der Waals surface area contributed by atoms with Gasteiger partial charge in [0.25, 0.3) is 5.91 Å². The lowest BCUT2D eigenvalue weighted by atomic mass is 9.58. The molecule has 2 aliphatic rings. The van der Waals surface area contributed by atoms with Crippen LogP contribution in [0.15, 0.2) is 22.6 Å². The number of aromatic nitrogens is 2. The second-order valence-electron chi connectivity index (χ2n) is 7.50. The Kier molecular flexibility index (Phi) is 6.14. The van der Waals surface area contributed by atoms with E-state index < -0.39 is 0 Å². The highest BCUT2D eigenvalue weighted by Crippen LogP contribution is 2.51. The highest BCUT2D eigenvalue weighted by atomic mass is 35.5. The summed E-state index contributed by atoms with van der Waals surface area (Å²) in [4.78, 5) is 14.6. The van der Waals surface area contributed by atoms with E-state index in [9.17, 15) is 9.90 Å². The van der Waals surface area contributed by atoms with Gasteiger partial charge in [-0.05, 0) is 31.9 Å². The first-order valence-corrected chi connectivity index (χ1v) is 9.45. The van der Waals surface area contributed by atoms with Crippen LogP contribution in [0.4, 0.5) is 0 Å². The van der Waals surface area contributed by atoms with E-state index in [0.29, 0.717) is 49.8 Å². The molecule has 1 amide bonds. The van der Waals surface area contributed by atoms with Gasteiger partial charge in [0, 0.05) is 37.5 Å². The quantitative estimate of drug-likeness (QED) is 0.690. The molecule has 0 radical (unpaired) electrons. The lowest BCUT2D eigenvalue weighted by molar-refractivity contribution is -0.208. The maximum absolute atomic E-state index is 12.8. The molecule has 3 heterocycles. The van der Waals surface area contributed by atoms with Gasteiger partial charge in [-0.15, -0.1) is 12.4 Å². The number of aromatic amines is 1. The van der Waals surface area contributed by atoms with Crippen LogP contribution in [-0.4, -0.2) is 64.6 Å². The number of nitrogens with one attached hydrogen (secondary N) is 1. The first kappa shape index (κ1) is 20.9. The van der Waals surface area contributed by atoms with Crippen molar-refractivity contribution in [3.8, 4) is 11.5 Å². The summed E-state index contributed by atoms with van der Waals surface area (Å²) in [5.74, 6) is 1.36. The third kappa shape index (κ3) is 3.57. The summed E-state index contributed by atoms with van der Waals surface area (Å²) in [5.41, 5.74) is 6.34. The van der Waals surface area contributed by atoms with Crippen molar-refractivity contribution in [3.63, 3.8) is 0 Å². The highest BCUT2D eigenvalue weighted by molar-refractivity contribution is 5.93. The van der Waals surface area contributed by atoms with Crippen molar-refractivity contribution >= 4 is 18.3 Å². The molecule has 1 saturated carbocycles. The number of aryl methyl sites for hydroxylation is 1. The summed E-state index contributed by atoms with van der Waals surface area (Å²) < 4.78 is 11.4. The smallest absolute Gasteiger partial charge is 0.274 e. The van der Waals surface area contributed by atoms with Gasteiger partial charge in [-0.3, -0.25) is 9.89 Å². The van der Waals surface area contributed by atoms with E-state index in [0.717, 1.165) is 18.6 Å². The lowest BCUT2D eigenvalue weighted by Gasteiger charge is -2.56. The van der Waals surface area contributed by atoms with Gasteiger partial charge in [-0.25, -0.2) is 0 Å². The van der Waals surface area contributed by atoms with Gasteiger partial charge < -0.3 is 24.9 Å². The molecule has 9 heteroatoms. The van der Waals surface area contributed by atoms with E-state index in [1.54, 1.807) is 11.0 Å². The number of likely N-dealkylation sites (tertiary alicyclic amines) is 1. The molecule has 1 aliphatic carbocycles. The molecule has 2 fully saturated rings. The van der Waals surface area contributed by atoms with Crippen LogP contribution >= 0.6 is 12.4 Å². The molecule has 4 rings (SSSR count).